The fourth-order valence-electron chi connectivity index (χ4n) is 2.48. The van der Waals surface area contributed by atoms with E-state index in [9.17, 15) is 0 Å². The van der Waals surface area contributed by atoms with Crippen molar-refractivity contribution in [2.75, 3.05) is 26.4 Å². The maximum Gasteiger partial charge on any atom is 0.0935 e. The Kier molecular flexibility index (Phi) is 11.7. The molecule has 2 aliphatic heterocycles. The van der Waals surface area contributed by atoms with Crippen LogP contribution in [-0.4, -0.2) is 46.0 Å². The van der Waals surface area contributed by atoms with E-state index >= 15 is 0 Å². The molecule has 0 aromatic heterocycles. The highest BCUT2D eigenvalue weighted by Crippen LogP contribution is 2.11. The van der Waals surface area contributed by atoms with E-state index < -0.39 is 0 Å². The van der Waals surface area contributed by atoms with Crippen LogP contribution in [0.2, 0.25) is 0 Å². The Morgan fingerprint density at radius 1 is 0.739 bits per heavy atom. The van der Waals surface area contributed by atoms with Gasteiger partial charge in [-0.05, 0) is 25.2 Å². The SMILES string of the molecule is C.C=CN1C=CN(CCCCCCN2C=CN(C=C)C2)C1.CC. The van der Waals surface area contributed by atoms with E-state index in [1.165, 1.54) is 25.7 Å². The van der Waals surface area contributed by atoms with Crippen molar-refractivity contribution >= 4 is 0 Å². The van der Waals surface area contributed by atoms with Crippen molar-refractivity contribution in [2.45, 2.75) is 47.0 Å². The van der Waals surface area contributed by atoms with Crippen LogP contribution >= 0.6 is 0 Å². The second-order valence-corrected chi connectivity index (χ2v) is 5.31. The summed E-state index contributed by atoms with van der Waals surface area (Å²) in [6.45, 7) is 15.8. The average molecular weight is 321 g/mol. The molecule has 4 nitrogen and oxygen atoms in total. The Labute approximate surface area is 144 Å². The number of rotatable bonds is 9. The van der Waals surface area contributed by atoms with Gasteiger partial charge in [-0.3, -0.25) is 0 Å². The highest BCUT2D eigenvalue weighted by Gasteiger charge is 2.09. The molecule has 0 radical (unpaired) electrons. The van der Waals surface area contributed by atoms with Crippen molar-refractivity contribution in [3.05, 3.63) is 50.4 Å². The van der Waals surface area contributed by atoms with E-state index in [1.807, 2.05) is 26.2 Å². The highest BCUT2D eigenvalue weighted by atomic mass is 15.3. The Morgan fingerprint density at radius 2 is 1.13 bits per heavy atom. The molecular weight excluding hydrogens is 284 g/mol. The summed E-state index contributed by atoms with van der Waals surface area (Å²) < 4.78 is 0. The molecule has 0 unspecified atom stereocenters. The molecule has 0 bridgehead atoms. The summed E-state index contributed by atoms with van der Waals surface area (Å²) in [5.74, 6) is 0. The van der Waals surface area contributed by atoms with Crippen molar-refractivity contribution in [2.24, 2.45) is 0 Å². The van der Waals surface area contributed by atoms with Gasteiger partial charge in [0.15, 0.2) is 0 Å². The van der Waals surface area contributed by atoms with Crippen LogP contribution < -0.4 is 0 Å². The van der Waals surface area contributed by atoms with Gasteiger partial charge in [-0.1, -0.05) is 47.3 Å². The first kappa shape index (κ1) is 21.2. The van der Waals surface area contributed by atoms with Gasteiger partial charge in [0.1, 0.15) is 0 Å². The van der Waals surface area contributed by atoms with Crippen LogP contribution in [0.25, 0.3) is 0 Å². The molecule has 2 aliphatic rings. The first-order chi connectivity index (χ1) is 10.8. The fraction of sp³-hybridized carbons (Fsp3) is 0.579. The molecule has 0 amide bonds. The fourth-order valence-corrected chi connectivity index (χ4v) is 2.48. The van der Waals surface area contributed by atoms with E-state index in [-0.39, 0.29) is 7.43 Å². The van der Waals surface area contributed by atoms with Crippen LogP contribution in [0.3, 0.4) is 0 Å². The lowest BCUT2D eigenvalue weighted by molar-refractivity contribution is 0.297. The molecule has 2 heterocycles. The van der Waals surface area contributed by atoms with Crippen LogP contribution in [0.1, 0.15) is 47.0 Å². The topological polar surface area (TPSA) is 13.0 Å². The molecule has 0 fully saturated rings. The second kappa shape index (κ2) is 12.7. The van der Waals surface area contributed by atoms with E-state index in [0.29, 0.717) is 0 Å². The first-order valence-corrected chi connectivity index (χ1v) is 8.43. The monoisotopic (exact) mass is 320 g/mol. The largest absolute Gasteiger partial charge is 0.358 e. The van der Waals surface area contributed by atoms with Crippen LogP contribution in [0, 0.1) is 0 Å². The Hall–Kier alpha value is -1.84. The predicted molar refractivity (Wildman–Crippen MR) is 102 cm³/mol. The van der Waals surface area contributed by atoms with Crippen molar-refractivity contribution in [1.29, 1.82) is 0 Å². The third kappa shape index (κ3) is 7.82. The standard InChI is InChI=1S/C16H26N4.C2H6.CH4/c1-3-17-11-13-19(15-17)9-7-5-6-8-10-20-14-12-18(4-2)16-20;1-2;/h3-4,11-14H,1-2,5-10,15-16H2;1-2H3;1H4. The van der Waals surface area contributed by atoms with Gasteiger partial charge in [-0.25, -0.2) is 0 Å². The summed E-state index contributed by atoms with van der Waals surface area (Å²) in [5, 5.41) is 0. The lowest BCUT2D eigenvalue weighted by atomic mass is 10.2. The van der Waals surface area contributed by atoms with Gasteiger partial charge in [0.25, 0.3) is 0 Å². The first-order valence-electron chi connectivity index (χ1n) is 8.43. The summed E-state index contributed by atoms with van der Waals surface area (Å²) >= 11 is 0. The lowest BCUT2D eigenvalue weighted by Gasteiger charge is -2.19. The third-order valence-corrected chi connectivity index (χ3v) is 3.74. The summed E-state index contributed by atoms with van der Waals surface area (Å²) in [7, 11) is 0. The van der Waals surface area contributed by atoms with Crippen molar-refractivity contribution < 1.29 is 0 Å². The average Bonchev–Trinajstić information content (AvgIpc) is 3.21. The maximum absolute atomic E-state index is 3.78. The van der Waals surface area contributed by atoms with E-state index in [0.717, 1.165) is 26.4 Å². The summed E-state index contributed by atoms with van der Waals surface area (Å²) in [4.78, 5) is 8.88. The van der Waals surface area contributed by atoms with Gasteiger partial charge >= 0.3 is 0 Å². The summed E-state index contributed by atoms with van der Waals surface area (Å²) in [5.41, 5.74) is 0. The number of hydrogen-bond donors (Lipinski definition) is 0. The van der Waals surface area contributed by atoms with Crippen molar-refractivity contribution in [3.63, 3.8) is 0 Å². The van der Waals surface area contributed by atoms with Crippen molar-refractivity contribution in [1.82, 2.24) is 19.6 Å². The van der Waals surface area contributed by atoms with Crippen LogP contribution in [0.15, 0.2) is 50.4 Å². The molecule has 2 rings (SSSR count). The molecule has 0 aromatic rings. The molecule has 132 valence electrons. The Morgan fingerprint density at radius 3 is 1.43 bits per heavy atom. The second-order valence-electron chi connectivity index (χ2n) is 5.31. The summed E-state index contributed by atoms with van der Waals surface area (Å²) in [6.07, 6.45) is 17.4. The van der Waals surface area contributed by atoms with Gasteiger partial charge in [-0.2, -0.15) is 0 Å². The highest BCUT2D eigenvalue weighted by molar-refractivity contribution is 4.95. The number of unbranched alkanes of at least 4 members (excludes halogenated alkanes) is 3. The Bertz CT molecular complexity index is 340. The van der Waals surface area contributed by atoms with Gasteiger partial charge in [-0.15, -0.1) is 0 Å². The quantitative estimate of drug-likeness (QED) is 0.576. The predicted octanol–water partition coefficient (Wildman–Crippen LogP) is 4.59. The van der Waals surface area contributed by atoms with E-state index in [4.69, 9.17) is 0 Å². The van der Waals surface area contributed by atoms with Gasteiger partial charge in [0, 0.05) is 37.9 Å². The molecule has 0 N–H and O–H groups in total. The Balaban J connectivity index is 0.00000155. The molecule has 0 saturated carbocycles. The maximum atomic E-state index is 3.78. The van der Waals surface area contributed by atoms with Crippen LogP contribution in [0.5, 0.6) is 0 Å². The molecule has 4 heteroatoms. The molecule has 0 saturated heterocycles. The zero-order valence-corrected chi connectivity index (χ0v) is 14.3. The van der Waals surface area contributed by atoms with E-state index in [1.54, 1.807) is 0 Å². The molecule has 0 aliphatic carbocycles. The van der Waals surface area contributed by atoms with Crippen LogP contribution in [-0.2, 0) is 0 Å². The van der Waals surface area contributed by atoms with E-state index in [2.05, 4.69) is 57.6 Å². The minimum absolute atomic E-state index is 0. The minimum Gasteiger partial charge on any atom is -0.358 e. The normalized spacial score (nSPS) is 15.4. The molecule has 0 atom stereocenters. The van der Waals surface area contributed by atoms with Gasteiger partial charge in [0.2, 0.25) is 0 Å². The summed E-state index contributed by atoms with van der Waals surface area (Å²) in [6, 6.07) is 0. The molecular formula is C19H36N4. The third-order valence-electron chi connectivity index (χ3n) is 3.74. The minimum atomic E-state index is 0. The van der Waals surface area contributed by atoms with Crippen LogP contribution in [0.4, 0.5) is 0 Å². The number of hydrogen-bond acceptors (Lipinski definition) is 4. The zero-order chi connectivity index (χ0) is 16.2. The van der Waals surface area contributed by atoms with Gasteiger partial charge < -0.3 is 19.6 Å². The van der Waals surface area contributed by atoms with Gasteiger partial charge in [0.05, 0.1) is 13.3 Å². The molecule has 0 spiro atoms. The van der Waals surface area contributed by atoms with Crippen molar-refractivity contribution in [3.8, 4) is 0 Å². The number of nitrogens with zero attached hydrogens (tertiary/aromatic N) is 4. The molecule has 23 heavy (non-hydrogen) atoms. The zero-order valence-electron chi connectivity index (χ0n) is 14.3. The lowest BCUT2D eigenvalue weighted by Crippen LogP contribution is -2.23. The smallest absolute Gasteiger partial charge is 0.0935 e. The molecule has 0 aromatic carbocycles.